The van der Waals surface area contributed by atoms with E-state index in [4.69, 9.17) is 4.74 Å². The van der Waals surface area contributed by atoms with Crippen LogP contribution in [0.1, 0.15) is 17.2 Å². The Morgan fingerprint density at radius 2 is 1.64 bits per heavy atom. The van der Waals surface area contributed by atoms with Crippen LogP contribution < -0.4 is 9.80 Å². The number of anilines is 1. The highest BCUT2D eigenvalue weighted by Crippen LogP contribution is 2.44. The predicted molar refractivity (Wildman–Crippen MR) is 101 cm³/mol. The number of carbonyl (C=O) groups is 3. The molecule has 2 aromatic rings. The minimum absolute atomic E-state index is 0.250. The largest absolute Gasteiger partial charge is 0.465 e. The summed E-state index contributed by atoms with van der Waals surface area (Å²) in [5.41, 5.74) is 2.54. The van der Waals surface area contributed by atoms with Crippen molar-refractivity contribution in [3.63, 3.8) is 0 Å². The maximum absolute atomic E-state index is 13.4. The molecular formula is C22H19N2O4+. The molecule has 3 heterocycles. The normalized spacial score (nSPS) is 30.0. The summed E-state index contributed by atoms with van der Waals surface area (Å²) in [5, 5.41) is 0. The zero-order chi connectivity index (χ0) is 19.4. The van der Waals surface area contributed by atoms with Crippen molar-refractivity contribution < 1.29 is 24.0 Å². The van der Waals surface area contributed by atoms with Crippen LogP contribution in [-0.2, 0) is 19.1 Å². The van der Waals surface area contributed by atoms with E-state index in [1.165, 1.54) is 12.0 Å². The SMILES string of the molecule is COC(=O)[C@H]1[C@@H]2C(=O)N(c3ccccc3)C(=O)[C@@H]2[C@H]2c3ccccc3C=C[NH+]21. The average Bonchev–Trinajstić information content (AvgIpc) is 3.21. The van der Waals surface area contributed by atoms with E-state index in [1.54, 1.807) is 24.3 Å². The third-order valence-corrected chi connectivity index (χ3v) is 6.09. The summed E-state index contributed by atoms with van der Waals surface area (Å²) in [6.45, 7) is 0. The maximum atomic E-state index is 13.4. The molecular weight excluding hydrogens is 356 g/mol. The zero-order valence-corrected chi connectivity index (χ0v) is 15.2. The summed E-state index contributed by atoms with van der Waals surface area (Å²) in [6, 6.07) is 15.7. The van der Waals surface area contributed by atoms with Crippen molar-refractivity contribution in [1.82, 2.24) is 0 Å². The Balaban J connectivity index is 1.66. The number of esters is 1. The van der Waals surface area contributed by atoms with Gasteiger partial charge in [0.05, 0.1) is 19.0 Å². The van der Waals surface area contributed by atoms with Gasteiger partial charge >= 0.3 is 5.97 Å². The van der Waals surface area contributed by atoms with Crippen LogP contribution in [0.5, 0.6) is 0 Å². The van der Waals surface area contributed by atoms with E-state index in [2.05, 4.69) is 0 Å². The number of amides is 2. The fourth-order valence-electron chi connectivity index (χ4n) is 4.98. The summed E-state index contributed by atoms with van der Waals surface area (Å²) in [6.07, 6.45) is 3.84. The molecule has 0 aliphatic carbocycles. The fraction of sp³-hybridized carbons (Fsp3) is 0.227. The van der Waals surface area contributed by atoms with Crippen molar-refractivity contribution in [1.29, 1.82) is 0 Å². The lowest BCUT2D eigenvalue weighted by atomic mass is 9.84. The molecule has 3 aliphatic heterocycles. The Bertz CT molecular complexity index is 1020. The molecule has 0 radical (unpaired) electrons. The monoisotopic (exact) mass is 375 g/mol. The van der Waals surface area contributed by atoms with Crippen LogP contribution in [-0.4, -0.2) is 30.9 Å². The Kier molecular flexibility index (Phi) is 3.70. The zero-order valence-electron chi connectivity index (χ0n) is 15.2. The van der Waals surface area contributed by atoms with Gasteiger partial charge < -0.3 is 4.74 Å². The van der Waals surface area contributed by atoms with Gasteiger partial charge in [-0.2, -0.15) is 0 Å². The first-order chi connectivity index (χ1) is 13.6. The summed E-state index contributed by atoms with van der Waals surface area (Å²) < 4.78 is 5.03. The molecule has 6 heteroatoms. The first kappa shape index (κ1) is 16.9. The number of imide groups is 1. The quantitative estimate of drug-likeness (QED) is 0.627. The number of nitrogens with zero attached hydrogens (tertiary/aromatic N) is 1. The Labute approximate surface area is 162 Å². The lowest BCUT2D eigenvalue weighted by molar-refractivity contribution is -0.885. The summed E-state index contributed by atoms with van der Waals surface area (Å²) in [7, 11) is 1.32. The number of methoxy groups -OCH3 is 1. The van der Waals surface area contributed by atoms with Gasteiger partial charge in [0.15, 0.2) is 0 Å². The first-order valence-electron chi connectivity index (χ1n) is 9.28. The van der Waals surface area contributed by atoms with Crippen molar-refractivity contribution in [3.8, 4) is 0 Å². The van der Waals surface area contributed by atoms with Crippen LogP contribution in [0.15, 0.2) is 60.8 Å². The molecule has 5 rings (SSSR count). The van der Waals surface area contributed by atoms with Crippen molar-refractivity contribution in [2.24, 2.45) is 11.8 Å². The van der Waals surface area contributed by atoms with Gasteiger partial charge in [-0.05, 0) is 23.8 Å². The number of hydrogen-bond acceptors (Lipinski definition) is 4. The lowest BCUT2D eigenvalue weighted by Crippen LogP contribution is -3.12. The minimum Gasteiger partial charge on any atom is -0.465 e. The molecule has 0 spiro atoms. The third-order valence-electron chi connectivity index (χ3n) is 6.09. The van der Waals surface area contributed by atoms with E-state index in [-0.39, 0.29) is 17.9 Å². The van der Waals surface area contributed by atoms with Crippen LogP contribution in [0.3, 0.4) is 0 Å². The molecule has 2 fully saturated rings. The lowest BCUT2D eigenvalue weighted by Gasteiger charge is -2.30. The average molecular weight is 375 g/mol. The van der Waals surface area contributed by atoms with Crippen LogP contribution in [0.2, 0.25) is 0 Å². The van der Waals surface area contributed by atoms with E-state index in [1.807, 2.05) is 42.6 Å². The second-order valence-corrected chi connectivity index (χ2v) is 7.34. The number of benzene rings is 2. The summed E-state index contributed by atoms with van der Waals surface area (Å²) >= 11 is 0. The molecule has 5 atom stereocenters. The van der Waals surface area contributed by atoms with Gasteiger partial charge in [-0.1, -0.05) is 42.5 Å². The molecule has 1 unspecified atom stereocenters. The summed E-state index contributed by atoms with van der Waals surface area (Å²) in [4.78, 5) is 41.5. The van der Waals surface area contributed by atoms with Crippen molar-refractivity contribution in [2.75, 3.05) is 12.0 Å². The van der Waals surface area contributed by atoms with E-state index in [9.17, 15) is 14.4 Å². The molecule has 1 N–H and O–H groups in total. The maximum Gasteiger partial charge on any atom is 0.365 e. The van der Waals surface area contributed by atoms with E-state index in [0.29, 0.717) is 5.69 Å². The standard InChI is InChI=1S/C22H18N2O4/c1-28-22(27)19-17-16(18-15-10-6-5-7-13(15)11-12-23(18)19)20(25)24(21(17)26)14-8-3-2-4-9-14/h2-12,16-19H,1H3/p+1/t16-,17+,18+,19+/m0/s1. The molecule has 0 aromatic heterocycles. The number of hydrogen-bond donors (Lipinski definition) is 1. The molecule has 3 aliphatic rings. The fourth-order valence-corrected chi connectivity index (χ4v) is 4.98. The van der Waals surface area contributed by atoms with Crippen LogP contribution >= 0.6 is 0 Å². The predicted octanol–water partition coefficient (Wildman–Crippen LogP) is 0.958. The van der Waals surface area contributed by atoms with Crippen molar-refractivity contribution in [3.05, 3.63) is 71.9 Å². The second kappa shape index (κ2) is 6.14. The van der Waals surface area contributed by atoms with E-state index in [0.717, 1.165) is 16.0 Å². The smallest absolute Gasteiger partial charge is 0.365 e. The van der Waals surface area contributed by atoms with Crippen LogP contribution in [0, 0.1) is 11.8 Å². The topological polar surface area (TPSA) is 68.1 Å². The molecule has 2 aromatic carbocycles. The van der Waals surface area contributed by atoms with E-state index < -0.39 is 23.8 Å². The molecule has 2 saturated heterocycles. The third kappa shape index (κ3) is 2.15. The highest BCUT2D eigenvalue weighted by atomic mass is 16.5. The Morgan fingerprint density at radius 1 is 0.964 bits per heavy atom. The molecule has 140 valence electrons. The van der Waals surface area contributed by atoms with Gasteiger partial charge in [0.2, 0.25) is 17.9 Å². The first-order valence-corrected chi connectivity index (χ1v) is 9.28. The molecule has 0 saturated carbocycles. The van der Waals surface area contributed by atoms with Gasteiger partial charge in [-0.15, -0.1) is 0 Å². The van der Waals surface area contributed by atoms with Gasteiger partial charge in [0.25, 0.3) is 0 Å². The second-order valence-electron chi connectivity index (χ2n) is 7.34. The Morgan fingerprint density at radius 3 is 2.39 bits per heavy atom. The minimum atomic E-state index is -0.741. The number of quaternary nitrogens is 1. The summed E-state index contributed by atoms with van der Waals surface area (Å²) in [5.74, 6) is -2.38. The number of carbonyl (C=O) groups excluding carboxylic acids is 3. The van der Waals surface area contributed by atoms with Gasteiger partial charge in [0.1, 0.15) is 17.9 Å². The number of fused-ring (bicyclic) bond motifs is 5. The molecule has 28 heavy (non-hydrogen) atoms. The number of ether oxygens (including phenoxy) is 1. The highest BCUT2D eigenvalue weighted by molar-refractivity contribution is 6.23. The number of nitrogens with one attached hydrogen (secondary N) is 1. The number of para-hydroxylation sites is 1. The van der Waals surface area contributed by atoms with Gasteiger partial charge in [-0.3, -0.25) is 14.5 Å². The van der Waals surface area contributed by atoms with Gasteiger partial charge in [0, 0.05) is 5.56 Å². The van der Waals surface area contributed by atoms with Crippen molar-refractivity contribution in [2.45, 2.75) is 12.1 Å². The molecule has 2 amide bonds. The molecule has 0 bridgehead atoms. The van der Waals surface area contributed by atoms with Crippen LogP contribution in [0.25, 0.3) is 6.08 Å². The highest BCUT2D eigenvalue weighted by Gasteiger charge is 2.68. The number of rotatable bonds is 2. The van der Waals surface area contributed by atoms with Gasteiger partial charge in [-0.25, -0.2) is 9.69 Å². The van der Waals surface area contributed by atoms with Crippen molar-refractivity contribution >= 4 is 29.5 Å². The van der Waals surface area contributed by atoms with E-state index >= 15 is 0 Å². The Hall–Kier alpha value is -3.25. The van der Waals surface area contributed by atoms with Crippen LogP contribution in [0.4, 0.5) is 5.69 Å². The molecule has 6 nitrogen and oxygen atoms in total.